The van der Waals surface area contributed by atoms with Crippen LogP contribution in [0, 0.1) is 10.6 Å². The molecule has 2 rings (SSSR count). The van der Waals surface area contributed by atoms with Gasteiger partial charge in [-0.15, -0.1) is 0 Å². The fourth-order valence-corrected chi connectivity index (χ4v) is 2.15. The second-order valence-electron chi connectivity index (χ2n) is 3.37. The third kappa shape index (κ3) is 1.18. The number of halogens is 1. The SMILES string of the molecule is Cc1cn(C)c(=O)c2c(I)n(C)nc12. The van der Waals surface area contributed by atoms with E-state index in [1.165, 1.54) is 0 Å². The highest BCUT2D eigenvalue weighted by molar-refractivity contribution is 14.1. The molecule has 2 heterocycles. The van der Waals surface area contributed by atoms with E-state index < -0.39 is 0 Å². The lowest BCUT2D eigenvalue weighted by atomic mass is 10.2. The molecule has 0 fully saturated rings. The Bertz CT molecular complexity index is 567. The number of hydrogen-bond donors (Lipinski definition) is 0. The zero-order valence-electron chi connectivity index (χ0n) is 8.21. The van der Waals surface area contributed by atoms with Crippen LogP contribution >= 0.6 is 22.6 Å². The lowest BCUT2D eigenvalue weighted by molar-refractivity contribution is 0.758. The number of aromatic nitrogens is 3. The van der Waals surface area contributed by atoms with Gasteiger partial charge in [-0.3, -0.25) is 9.48 Å². The number of hydrogen-bond acceptors (Lipinski definition) is 2. The normalized spacial score (nSPS) is 11.1. The van der Waals surface area contributed by atoms with Crippen molar-refractivity contribution in [2.24, 2.45) is 14.1 Å². The maximum absolute atomic E-state index is 11.8. The van der Waals surface area contributed by atoms with Crippen LogP contribution < -0.4 is 5.56 Å². The van der Waals surface area contributed by atoms with E-state index in [4.69, 9.17) is 0 Å². The Labute approximate surface area is 94.7 Å². The van der Waals surface area contributed by atoms with Crippen molar-refractivity contribution in [2.75, 3.05) is 0 Å². The molecule has 0 aliphatic heterocycles. The first-order valence-corrected chi connectivity index (χ1v) is 5.28. The number of fused-ring (bicyclic) bond motifs is 1. The third-order valence-corrected chi connectivity index (χ3v) is 3.51. The molecule has 0 bridgehead atoms. The van der Waals surface area contributed by atoms with Crippen molar-refractivity contribution < 1.29 is 0 Å². The van der Waals surface area contributed by atoms with E-state index in [0.29, 0.717) is 0 Å². The van der Waals surface area contributed by atoms with E-state index in [0.717, 1.165) is 20.2 Å². The molecule has 0 aliphatic rings. The highest BCUT2D eigenvalue weighted by Crippen LogP contribution is 2.18. The minimum absolute atomic E-state index is 0.0168. The molecule has 0 atom stereocenters. The van der Waals surface area contributed by atoms with Crippen LogP contribution in [-0.4, -0.2) is 14.3 Å². The smallest absolute Gasteiger partial charge is 0.262 e. The van der Waals surface area contributed by atoms with Gasteiger partial charge in [0.1, 0.15) is 9.22 Å². The molecular formula is C9H10IN3O. The van der Waals surface area contributed by atoms with Crippen molar-refractivity contribution >= 4 is 33.5 Å². The molecule has 0 radical (unpaired) electrons. The Morgan fingerprint density at radius 2 is 2.07 bits per heavy atom. The highest BCUT2D eigenvalue weighted by atomic mass is 127. The van der Waals surface area contributed by atoms with Crippen molar-refractivity contribution in [1.29, 1.82) is 0 Å². The summed E-state index contributed by atoms with van der Waals surface area (Å²) in [5, 5.41) is 5.03. The summed E-state index contributed by atoms with van der Waals surface area (Å²) < 4.78 is 4.23. The summed E-state index contributed by atoms with van der Waals surface area (Å²) in [6.07, 6.45) is 1.81. The summed E-state index contributed by atoms with van der Waals surface area (Å²) in [6.45, 7) is 1.96. The molecule has 4 nitrogen and oxygen atoms in total. The van der Waals surface area contributed by atoms with Crippen molar-refractivity contribution in [1.82, 2.24) is 14.3 Å². The number of pyridine rings is 1. The first kappa shape index (κ1) is 9.70. The summed E-state index contributed by atoms with van der Waals surface area (Å²) in [5.41, 5.74) is 1.85. The van der Waals surface area contributed by atoms with Crippen LogP contribution in [0.5, 0.6) is 0 Å². The number of nitrogens with zero attached hydrogens (tertiary/aromatic N) is 3. The molecule has 0 unspecified atom stereocenters. The van der Waals surface area contributed by atoms with E-state index in [1.54, 1.807) is 16.3 Å². The number of aryl methyl sites for hydroxylation is 3. The Morgan fingerprint density at radius 3 is 2.71 bits per heavy atom. The molecule has 0 N–H and O–H groups in total. The summed E-state index contributed by atoms with van der Waals surface area (Å²) in [4.78, 5) is 11.8. The first-order valence-electron chi connectivity index (χ1n) is 4.21. The van der Waals surface area contributed by atoms with Crippen molar-refractivity contribution in [2.45, 2.75) is 6.92 Å². The van der Waals surface area contributed by atoms with Gasteiger partial charge in [0.15, 0.2) is 0 Å². The lowest BCUT2D eigenvalue weighted by Crippen LogP contribution is -2.16. The van der Waals surface area contributed by atoms with Gasteiger partial charge in [0.05, 0.1) is 5.39 Å². The third-order valence-electron chi connectivity index (χ3n) is 2.27. The standard InChI is InChI=1S/C9H10IN3O/c1-5-4-12(2)9(14)6-7(5)11-13(3)8(6)10/h4H,1-3H3. The predicted molar refractivity (Wildman–Crippen MR) is 63.4 cm³/mol. The Hall–Kier alpha value is -0.850. The van der Waals surface area contributed by atoms with Crippen molar-refractivity contribution in [3.8, 4) is 0 Å². The zero-order chi connectivity index (χ0) is 10.5. The van der Waals surface area contributed by atoms with Crippen LogP contribution in [0.3, 0.4) is 0 Å². The largest absolute Gasteiger partial charge is 0.318 e. The maximum Gasteiger partial charge on any atom is 0.262 e. The van der Waals surface area contributed by atoms with Crippen molar-refractivity contribution in [3.05, 3.63) is 25.8 Å². The quantitative estimate of drug-likeness (QED) is 0.686. The van der Waals surface area contributed by atoms with Gasteiger partial charge >= 0.3 is 0 Å². The summed E-state index contributed by atoms with van der Waals surface area (Å²) in [7, 11) is 3.61. The molecule has 0 aromatic carbocycles. The Kier molecular flexibility index (Phi) is 2.13. The average molecular weight is 303 g/mol. The first-order chi connectivity index (χ1) is 6.52. The predicted octanol–water partition coefficient (Wildman–Crippen LogP) is 1.19. The second-order valence-corrected chi connectivity index (χ2v) is 4.39. The fraction of sp³-hybridized carbons (Fsp3) is 0.333. The Balaban J connectivity index is 3.11. The van der Waals surface area contributed by atoms with E-state index in [2.05, 4.69) is 27.7 Å². The van der Waals surface area contributed by atoms with Crippen LogP contribution in [0.2, 0.25) is 0 Å². The minimum atomic E-state index is 0.0168. The fourth-order valence-electron chi connectivity index (χ4n) is 1.56. The maximum atomic E-state index is 11.8. The molecule has 0 amide bonds. The van der Waals surface area contributed by atoms with Gasteiger partial charge in [0.25, 0.3) is 5.56 Å². The van der Waals surface area contributed by atoms with E-state index >= 15 is 0 Å². The van der Waals surface area contributed by atoms with Gasteiger partial charge in [-0.2, -0.15) is 5.10 Å². The van der Waals surface area contributed by atoms with Crippen LogP contribution in [0.25, 0.3) is 10.9 Å². The van der Waals surface area contributed by atoms with E-state index in [9.17, 15) is 4.79 Å². The van der Waals surface area contributed by atoms with E-state index in [-0.39, 0.29) is 5.56 Å². The molecule has 14 heavy (non-hydrogen) atoms. The summed E-state index contributed by atoms with van der Waals surface area (Å²) in [5.74, 6) is 0. The van der Waals surface area contributed by atoms with Crippen molar-refractivity contribution in [3.63, 3.8) is 0 Å². The molecule has 2 aromatic rings. The second kappa shape index (κ2) is 3.08. The van der Waals surface area contributed by atoms with Crippen LogP contribution in [-0.2, 0) is 14.1 Å². The highest BCUT2D eigenvalue weighted by Gasteiger charge is 2.12. The molecular weight excluding hydrogens is 293 g/mol. The molecule has 0 saturated carbocycles. The summed E-state index contributed by atoms with van der Waals surface area (Å²) in [6, 6.07) is 0. The topological polar surface area (TPSA) is 39.8 Å². The molecule has 74 valence electrons. The van der Waals surface area contributed by atoms with Gasteiger partial charge < -0.3 is 4.57 Å². The monoisotopic (exact) mass is 303 g/mol. The molecule has 0 aliphatic carbocycles. The van der Waals surface area contributed by atoms with E-state index in [1.807, 2.05) is 20.2 Å². The molecule has 0 saturated heterocycles. The van der Waals surface area contributed by atoms with Crippen LogP contribution in [0.4, 0.5) is 0 Å². The zero-order valence-corrected chi connectivity index (χ0v) is 10.4. The van der Waals surface area contributed by atoms with Gasteiger partial charge in [-0.05, 0) is 35.1 Å². The van der Waals surface area contributed by atoms with Gasteiger partial charge in [-0.1, -0.05) is 0 Å². The Morgan fingerprint density at radius 1 is 1.43 bits per heavy atom. The van der Waals surface area contributed by atoms with Crippen LogP contribution in [0.15, 0.2) is 11.0 Å². The van der Waals surface area contributed by atoms with Crippen LogP contribution in [0.1, 0.15) is 5.56 Å². The minimum Gasteiger partial charge on any atom is -0.318 e. The average Bonchev–Trinajstić information content (AvgIpc) is 2.41. The van der Waals surface area contributed by atoms with Gasteiger partial charge in [0.2, 0.25) is 0 Å². The van der Waals surface area contributed by atoms with Gasteiger partial charge in [-0.25, -0.2) is 0 Å². The molecule has 2 aromatic heterocycles. The lowest BCUT2D eigenvalue weighted by Gasteiger charge is -1.99. The summed E-state index contributed by atoms with van der Waals surface area (Å²) >= 11 is 2.14. The van der Waals surface area contributed by atoms with Gasteiger partial charge in [0, 0.05) is 20.3 Å². The number of rotatable bonds is 0. The molecule has 0 spiro atoms. The molecule has 5 heteroatoms.